The number of piperidine rings is 1. The van der Waals surface area contributed by atoms with E-state index in [0.717, 1.165) is 43.8 Å². The van der Waals surface area contributed by atoms with Crippen LogP contribution in [0.4, 0.5) is 0 Å². The first-order chi connectivity index (χ1) is 7.22. The normalized spacial score (nSPS) is 17.7. The number of hydrogen-bond donors (Lipinski definition) is 1. The second kappa shape index (κ2) is 6.78. The third-order valence-electron chi connectivity index (χ3n) is 3.24. The number of carbonyl (C=O) groups is 1. The van der Waals surface area contributed by atoms with Gasteiger partial charge >= 0.3 is 0 Å². The SMILES string of the molecule is C=C(CC)CC(=O)CCC1CCNCC1. The molecule has 2 nitrogen and oxygen atoms in total. The molecule has 2 heteroatoms. The van der Waals surface area contributed by atoms with E-state index in [2.05, 4.69) is 18.8 Å². The molecule has 0 unspecified atom stereocenters. The van der Waals surface area contributed by atoms with Crippen molar-refractivity contribution >= 4 is 5.78 Å². The highest BCUT2D eigenvalue weighted by Crippen LogP contribution is 2.19. The molecule has 1 heterocycles. The van der Waals surface area contributed by atoms with Crippen molar-refractivity contribution in [2.24, 2.45) is 5.92 Å². The summed E-state index contributed by atoms with van der Waals surface area (Å²) in [5.41, 5.74) is 1.07. The van der Waals surface area contributed by atoms with E-state index in [4.69, 9.17) is 0 Å². The third kappa shape index (κ3) is 5.12. The Morgan fingerprint density at radius 2 is 2.07 bits per heavy atom. The molecular formula is C13H23NO. The lowest BCUT2D eigenvalue weighted by Crippen LogP contribution is -2.27. The summed E-state index contributed by atoms with van der Waals surface area (Å²) < 4.78 is 0. The average Bonchev–Trinajstić information content (AvgIpc) is 2.27. The molecule has 15 heavy (non-hydrogen) atoms. The summed E-state index contributed by atoms with van der Waals surface area (Å²) in [4.78, 5) is 11.6. The van der Waals surface area contributed by atoms with E-state index in [9.17, 15) is 4.79 Å². The summed E-state index contributed by atoms with van der Waals surface area (Å²) in [6.45, 7) is 8.19. The Morgan fingerprint density at radius 1 is 1.40 bits per heavy atom. The third-order valence-corrected chi connectivity index (χ3v) is 3.24. The topological polar surface area (TPSA) is 29.1 Å². The zero-order chi connectivity index (χ0) is 11.1. The molecule has 1 rings (SSSR count). The predicted octanol–water partition coefficient (Wildman–Crippen LogP) is 2.69. The highest BCUT2D eigenvalue weighted by molar-refractivity contribution is 5.80. The zero-order valence-electron chi connectivity index (χ0n) is 9.85. The van der Waals surface area contributed by atoms with Gasteiger partial charge in [-0.3, -0.25) is 4.79 Å². The zero-order valence-corrected chi connectivity index (χ0v) is 9.85. The fraction of sp³-hybridized carbons (Fsp3) is 0.769. The van der Waals surface area contributed by atoms with Crippen molar-refractivity contribution in [1.29, 1.82) is 0 Å². The van der Waals surface area contributed by atoms with Crippen LogP contribution in [0.25, 0.3) is 0 Å². The van der Waals surface area contributed by atoms with Crippen LogP contribution in [0.15, 0.2) is 12.2 Å². The van der Waals surface area contributed by atoms with E-state index in [0.29, 0.717) is 12.2 Å². The fourth-order valence-electron chi connectivity index (χ4n) is 2.03. The van der Waals surface area contributed by atoms with Gasteiger partial charge < -0.3 is 5.32 Å². The standard InChI is InChI=1S/C13H23NO/c1-3-11(2)10-13(15)5-4-12-6-8-14-9-7-12/h12,14H,2-10H2,1H3. The van der Waals surface area contributed by atoms with Gasteiger partial charge in [-0.1, -0.05) is 19.1 Å². The number of rotatable bonds is 6. The molecule has 0 aromatic carbocycles. The number of ketones is 1. The first-order valence-electron chi connectivity index (χ1n) is 6.11. The van der Waals surface area contributed by atoms with Crippen molar-refractivity contribution in [2.45, 2.75) is 45.4 Å². The molecular weight excluding hydrogens is 186 g/mol. The largest absolute Gasteiger partial charge is 0.317 e. The van der Waals surface area contributed by atoms with Crippen LogP contribution < -0.4 is 5.32 Å². The van der Waals surface area contributed by atoms with Gasteiger partial charge in [0, 0.05) is 12.8 Å². The van der Waals surface area contributed by atoms with Crippen LogP contribution in [0.2, 0.25) is 0 Å². The fourth-order valence-corrected chi connectivity index (χ4v) is 2.03. The molecule has 1 N–H and O–H groups in total. The van der Waals surface area contributed by atoms with Crippen molar-refractivity contribution < 1.29 is 4.79 Å². The summed E-state index contributed by atoms with van der Waals surface area (Å²) in [5, 5.41) is 3.34. The molecule has 1 aliphatic heterocycles. The number of carbonyl (C=O) groups excluding carboxylic acids is 1. The predicted molar refractivity (Wildman–Crippen MR) is 63.9 cm³/mol. The number of allylic oxidation sites excluding steroid dienone is 1. The second-order valence-corrected chi connectivity index (χ2v) is 4.55. The van der Waals surface area contributed by atoms with Crippen LogP contribution in [0.5, 0.6) is 0 Å². The summed E-state index contributed by atoms with van der Waals surface area (Å²) >= 11 is 0. The van der Waals surface area contributed by atoms with Gasteiger partial charge in [0.05, 0.1) is 0 Å². The monoisotopic (exact) mass is 209 g/mol. The lowest BCUT2D eigenvalue weighted by Gasteiger charge is -2.22. The lowest BCUT2D eigenvalue weighted by molar-refractivity contribution is -0.118. The number of hydrogen-bond acceptors (Lipinski definition) is 2. The molecule has 0 bridgehead atoms. The molecule has 1 aliphatic rings. The van der Waals surface area contributed by atoms with Gasteiger partial charge in [0.1, 0.15) is 5.78 Å². The van der Waals surface area contributed by atoms with Crippen molar-refractivity contribution in [3.63, 3.8) is 0 Å². The minimum Gasteiger partial charge on any atom is -0.317 e. The van der Waals surface area contributed by atoms with Crippen LogP contribution in [-0.4, -0.2) is 18.9 Å². The van der Waals surface area contributed by atoms with Crippen molar-refractivity contribution in [1.82, 2.24) is 5.32 Å². The number of Topliss-reactive ketones (excluding diaryl/α,β-unsaturated/α-hetero) is 1. The number of nitrogens with one attached hydrogen (secondary N) is 1. The second-order valence-electron chi connectivity index (χ2n) is 4.55. The summed E-state index contributed by atoms with van der Waals surface area (Å²) in [6.07, 6.45) is 5.84. The van der Waals surface area contributed by atoms with Crippen LogP contribution in [-0.2, 0) is 4.79 Å². The lowest BCUT2D eigenvalue weighted by atomic mass is 9.91. The van der Waals surface area contributed by atoms with Gasteiger partial charge in [0.2, 0.25) is 0 Å². The summed E-state index contributed by atoms with van der Waals surface area (Å²) in [6, 6.07) is 0. The molecule has 0 spiro atoms. The maximum atomic E-state index is 11.6. The molecule has 0 amide bonds. The first-order valence-corrected chi connectivity index (χ1v) is 6.11. The van der Waals surface area contributed by atoms with Crippen LogP contribution in [0.3, 0.4) is 0 Å². The minimum absolute atomic E-state index is 0.375. The Kier molecular flexibility index (Phi) is 5.62. The molecule has 0 atom stereocenters. The maximum absolute atomic E-state index is 11.6. The molecule has 86 valence electrons. The molecule has 0 aromatic rings. The molecule has 1 saturated heterocycles. The van der Waals surface area contributed by atoms with E-state index in [1.807, 2.05) is 0 Å². The smallest absolute Gasteiger partial charge is 0.136 e. The Bertz CT molecular complexity index is 217. The summed E-state index contributed by atoms with van der Waals surface area (Å²) in [7, 11) is 0. The maximum Gasteiger partial charge on any atom is 0.136 e. The van der Waals surface area contributed by atoms with E-state index >= 15 is 0 Å². The van der Waals surface area contributed by atoms with E-state index < -0.39 is 0 Å². The highest BCUT2D eigenvalue weighted by Gasteiger charge is 2.14. The average molecular weight is 209 g/mol. The van der Waals surface area contributed by atoms with E-state index in [1.54, 1.807) is 0 Å². The Morgan fingerprint density at radius 3 is 2.67 bits per heavy atom. The van der Waals surface area contributed by atoms with Gasteiger partial charge in [-0.05, 0) is 44.7 Å². The van der Waals surface area contributed by atoms with Crippen molar-refractivity contribution in [3.8, 4) is 0 Å². The first kappa shape index (κ1) is 12.4. The van der Waals surface area contributed by atoms with Crippen LogP contribution >= 0.6 is 0 Å². The summed E-state index contributed by atoms with van der Waals surface area (Å²) in [5.74, 6) is 1.14. The van der Waals surface area contributed by atoms with Gasteiger partial charge in [0.15, 0.2) is 0 Å². The quantitative estimate of drug-likeness (QED) is 0.681. The Hall–Kier alpha value is -0.630. The molecule has 0 radical (unpaired) electrons. The molecule has 0 saturated carbocycles. The van der Waals surface area contributed by atoms with E-state index in [1.165, 1.54) is 12.8 Å². The minimum atomic E-state index is 0.375. The van der Waals surface area contributed by atoms with Crippen LogP contribution in [0, 0.1) is 5.92 Å². The van der Waals surface area contributed by atoms with Gasteiger partial charge in [-0.25, -0.2) is 0 Å². The molecule has 0 aliphatic carbocycles. The van der Waals surface area contributed by atoms with E-state index in [-0.39, 0.29) is 0 Å². The van der Waals surface area contributed by atoms with Gasteiger partial charge in [0.25, 0.3) is 0 Å². The van der Waals surface area contributed by atoms with Crippen molar-refractivity contribution in [2.75, 3.05) is 13.1 Å². The van der Waals surface area contributed by atoms with Gasteiger partial charge in [-0.15, -0.1) is 0 Å². The molecule has 1 fully saturated rings. The van der Waals surface area contributed by atoms with Crippen molar-refractivity contribution in [3.05, 3.63) is 12.2 Å². The Balaban J connectivity index is 2.12. The molecule has 0 aromatic heterocycles. The highest BCUT2D eigenvalue weighted by atomic mass is 16.1. The Labute approximate surface area is 93.1 Å². The van der Waals surface area contributed by atoms with Crippen LogP contribution in [0.1, 0.15) is 45.4 Å². The van der Waals surface area contributed by atoms with Gasteiger partial charge in [-0.2, -0.15) is 0 Å².